The highest BCUT2D eigenvalue weighted by Crippen LogP contribution is 2.42. The molecule has 0 aliphatic rings. The molecule has 4 aromatic heterocycles. The molecule has 0 N–H and O–H groups in total. The first-order valence-corrected chi connectivity index (χ1v) is 21.5. The maximum Gasteiger partial charge on any atom is 0.179 e. The third kappa shape index (κ3) is 4.75. The monoisotopic (exact) mass is 738 g/mol. The van der Waals surface area contributed by atoms with Gasteiger partial charge in [0.15, 0.2) is 8.07 Å². The lowest BCUT2D eigenvalue weighted by atomic mass is 10.1. The van der Waals surface area contributed by atoms with Crippen LogP contribution in [0.25, 0.3) is 70.2 Å². The minimum atomic E-state index is -2.95. The number of aryl methyl sites for hydroxylation is 1. The summed E-state index contributed by atoms with van der Waals surface area (Å²) in [4.78, 5) is 10.2. The zero-order valence-corrected chi connectivity index (χ0v) is 31.9. The standard InChI is InChI=1S/C49H34N4SSi/c1-52-44-26-10-9-25-43(44)51-48(52)33-15-12-21-37(31-33)55(35-17-4-2-5-18-35,36-19-6-3-7-20-36)38-22-13-16-34(32-38)53-46-40(42-24-14-30-50-49(42)53)28-29-41-39-23-8-11-27-45(39)54-47(41)46/h2-32H,1H3. The van der Waals surface area contributed by atoms with Gasteiger partial charge in [-0.15, -0.1) is 11.3 Å². The van der Waals surface area contributed by atoms with Crippen molar-refractivity contribution in [3.8, 4) is 17.1 Å². The number of benzene rings is 7. The molecule has 6 heteroatoms. The molecule has 55 heavy (non-hydrogen) atoms. The van der Waals surface area contributed by atoms with Crippen molar-refractivity contribution >= 4 is 93.3 Å². The molecule has 0 saturated carbocycles. The first-order valence-electron chi connectivity index (χ1n) is 18.6. The topological polar surface area (TPSA) is 35.6 Å². The van der Waals surface area contributed by atoms with Crippen molar-refractivity contribution in [1.29, 1.82) is 0 Å². The number of rotatable bonds is 6. The van der Waals surface area contributed by atoms with Gasteiger partial charge in [-0.1, -0.05) is 140 Å². The van der Waals surface area contributed by atoms with E-state index >= 15 is 0 Å². The van der Waals surface area contributed by atoms with Crippen molar-refractivity contribution in [2.24, 2.45) is 7.05 Å². The minimum Gasteiger partial charge on any atom is -0.327 e. The van der Waals surface area contributed by atoms with Gasteiger partial charge in [0.1, 0.15) is 11.5 Å². The second-order valence-electron chi connectivity index (χ2n) is 14.2. The summed E-state index contributed by atoms with van der Waals surface area (Å²) in [6.07, 6.45) is 1.92. The molecule has 0 fully saturated rings. The van der Waals surface area contributed by atoms with Crippen molar-refractivity contribution in [3.63, 3.8) is 0 Å². The quantitative estimate of drug-likeness (QED) is 0.126. The lowest BCUT2D eigenvalue weighted by Crippen LogP contribution is -2.74. The Labute approximate surface area is 323 Å². The number of thiophene rings is 1. The Bertz CT molecular complexity index is 3190. The summed E-state index contributed by atoms with van der Waals surface area (Å²) in [6.45, 7) is 0. The average Bonchev–Trinajstić information content (AvgIpc) is 3.92. The van der Waals surface area contributed by atoms with Crippen LogP contribution >= 0.6 is 11.3 Å². The van der Waals surface area contributed by atoms with Gasteiger partial charge in [0.05, 0.1) is 21.3 Å². The normalized spacial score (nSPS) is 12.1. The number of para-hydroxylation sites is 2. The number of hydrogen-bond acceptors (Lipinski definition) is 3. The van der Waals surface area contributed by atoms with Gasteiger partial charge in [0.2, 0.25) is 0 Å². The lowest BCUT2D eigenvalue weighted by Gasteiger charge is -2.35. The van der Waals surface area contributed by atoms with Gasteiger partial charge in [-0.05, 0) is 63.2 Å². The van der Waals surface area contributed by atoms with Crippen molar-refractivity contribution in [2.45, 2.75) is 0 Å². The van der Waals surface area contributed by atoms with Crippen LogP contribution < -0.4 is 20.7 Å². The molecule has 11 rings (SSSR count). The fraction of sp³-hybridized carbons (Fsp3) is 0.0204. The summed E-state index contributed by atoms with van der Waals surface area (Å²) in [5.41, 5.74) is 6.51. The summed E-state index contributed by atoms with van der Waals surface area (Å²) in [5.74, 6) is 0.963. The molecule has 4 nitrogen and oxygen atoms in total. The van der Waals surface area contributed by atoms with E-state index in [0.717, 1.165) is 39.1 Å². The Kier molecular flexibility index (Phi) is 7.24. The molecule has 0 saturated heterocycles. The van der Waals surface area contributed by atoms with Crippen molar-refractivity contribution < 1.29 is 0 Å². The molecular weight excluding hydrogens is 705 g/mol. The Hall–Kier alpha value is -6.60. The highest BCUT2D eigenvalue weighted by Gasteiger charge is 2.42. The molecule has 4 heterocycles. The van der Waals surface area contributed by atoms with E-state index < -0.39 is 8.07 Å². The van der Waals surface area contributed by atoms with Crippen LogP contribution in [0.15, 0.2) is 188 Å². The molecule has 7 aromatic carbocycles. The van der Waals surface area contributed by atoms with Crippen molar-refractivity contribution in [1.82, 2.24) is 19.1 Å². The molecule has 0 unspecified atom stereocenters. The maximum absolute atomic E-state index is 5.14. The molecule has 0 aliphatic heterocycles. The Morgan fingerprint density at radius 2 is 1.18 bits per heavy atom. The molecule has 0 atom stereocenters. The van der Waals surface area contributed by atoms with Crippen LogP contribution in [-0.2, 0) is 7.05 Å². The van der Waals surface area contributed by atoms with Crippen LogP contribution in [-0.4, -0.2) is 27.2 Å². The van der Waals surface area contributed by atoms with Crippen LogP contribution in [0.1, 0.15) is 0 Å². The molecule has 0 aliphatic carbocycles. The van der Waals surface area contributed by atoms with E-state index in [1.807, 2.05) is 17.5 Å². The Morgan fingerprint density at radius 3 is 1.98 bits per heavy atom. The number of imidazole rings is 1. The average molecular weight is 739 g/mol. The predicted octanol–water partition coefficient (Wildman–Crippen LogP) is 9.48. The molecule has 11 aromatic rings. The van der Waals surface area contributed by atoms with E-state index in [9.17, 15) is 0 Å². The molecule has 0 radical (unpaired) electrons. The van der Waals surface area contributed by atoms with E-state index in [1.165, 1.54) is 51.8 Å². The zero-order chi connectivity index (χ0) is 36.5. The van der Waals surface area contributed by atoms with E-state index in [1.54, 1.807) is 0 Å². The number of aromatic nitrogens is 4. The van der Waals surface area contributed by atoms with Gasteiger partial charge in [-0.25, -0.2) is 9.97 Å². The third-order valence-corrected chi connectivity index (χ3v) is 17.3. The van der Waals surface area contributed by atoms with Crippen LogP contribution in [0.2, 0.25) is 0 Å². The maximum atomic E-state index is 5.14. The first kappa shape index (κ1) is 31.9. The van der Waals surface area contributed by atoms with Crippen LogP contribution in [0.4, 0.5) is 0 Å². The summed E-state index contributed by atoms with van der Waals surface area (Å²) in [5, 5.41) is 10.2. The number of hydrogen-bond donors (Lipinski definition) is 0. The highest BCUT2D eigenvalue weighted by molar-refractivity contribution is 7.26. The van der Waals surface area contributed by atoms with Gasteiger partial charge in [-0.3, -0.25) is 4.57 Å². The van der Waals surface area contributed by atoms with Gasteiger partial charge in [0.25, 0.3) is 0 Å². The Balaban J connectivity index is 1.22. The van der Waals surface area contributed by atoms with Crippen molar-refractivity contribution in [3.05, 3.63) is 188 Å². The highest BCUT2D eigenvalue weighted by atomic mass is 32.1. The largest absolute Gasteiger partial charge is 0.327 e. The molecule has 0 bridgehead atoms. The van der Waals surface area contributed by atoms with Crippen LogP contribution in [0.3, 0.4) is 0 Å². The Morgan fingerprint density at radius 1 is 0.527 bits per heavy atom. The van der Waals surface area contributed by atoms with Gasteiger partial charge in [0, 0.05) is 50.7 Å². The summed E-state index contributed by atoms with van der Waals surface area (Å²) >= 11 is 1.87. The minimum absolute atomic E-state index is 0.963. The van der Waals surface area contributed by atoms with E-state index in [2.05, 4.69) is 198 Å². The number of pyridine rings is 1. The summed E-state index contributed by atoms with van der Waals surface area (Å²) < 4.78 is 7.21. The fourth-order valence-electron chi connectivity index (χ4n) is 8.91. The number of fused-ring (bicyclic) bond motifs is 8. The second kappa shape index (κ2) is 12.5. The summed E-state index contributed by atoms with van der Waals surface area (Å²) in [6, 6.07) is 66.8. The first-order chi connectivity index (χ1) is 27.2. The van der Waals surface area contributed by atoms with E-state index in [4.69, 9.17) is 9.97 Å². The van der Waals surface area contributed by atoms with Gasteiger partial charge in [-0.2, -0.15) is 0 Å². The molecule has 0 amide bonds. The third-order valence-electron chi connectivity index (χ3n) is 11.3. The smallest absolute Gasteiger partial charge is 0.179 e. The van der Waals surface area contributed by atoms with Crippen LogP contribution in [0, 0.1) is 0 Å². The summed E-state index contributed by atoms with van der Waals surface area (Å²) in [7, 11) is -0.830. The second-order valence-corrected chi connectivity index (χ2v) is 19.1. The predicted molar refractivity (Wildman–Crippen MR) is 235 cm³/mol. The van der Waals surface area contributed by atoms with Crippen molar-refractivity contribution in [2.75, 3.05) is 0 Å². The zero-order valence-electron chi connectivity index (χ0n) is 30.1. The fourth-order valence-corrected chi connectivity index (χ4v) is 15.0. The molecule has 0 spiro atoms. The van der Waals surface area contributed by atoms with E-state index in [0.29, 0.717) is 0 Å². The number of nitrogens with zero attached hydrogens (tertiary/aromatic N) is 4. The van der Waals surface area contributed by atoms with Crippen LogP contribution in [0.5, 0.6) is 0 Å². The van der Waals surface area contributed by atoms with E-state index in [-0.39, 0.29) is 0 Å². The SMILES string of the molecule is Cn1c(-c2cccc([Si](c3ccccc3)(c3ccccc3)c3cccc(-n4c5ncccc5c5ccc6c7ccccc7sc6c54)c3)c2)nc2ccccc21. The van der Waals surface area contributed by atoms with Gasteiger partial charge < -0.3 is 4.57 Å². The molecular formula is C49H34N4SSi. The van der Waals surface area contributed by atoms with Gasteiger partial charge >= 0.3 is 0 Å². The molecule has 260 valence electrons. The lowest BCUT2D eigenvalue weighted by molar-refractivity contribution is 0.959.